The predicted molar refractivity (Wildman–Crippen MR) is 42.8 cm³/mol. The molecule has 3 nitrogen and oxygen atoms in total. The topological polar surface area (TPSA) is 37.4 Å². The summed E-state index contributed by atoms with van der Waals surface area (Å²) in [6.07, 6.45) is 2.59. The van der Waals surface area contributed by atoms with Crippen molar-refractivity contribution in [3.8, 4) is 0 Å². The van der Waals surface area contributed by atoms with Crippen molar-refractivity contribution < 1.29 is 9.59 Å². The largest absolute Gasteiger partial charge is 0.275 e. The van der Waals surface area contributed by atoms with E-state index in [1.165, 1.54) is 13.0 Å². The molecule has 0 saturated heterocycles. The number of nitrogens with zero attached hydrogens (tertiary/aromatic N) is 1. The SMILES string of the molecule is C=CCN(C(C)=O)C(=O)C=C. The van der Waals surface area contributed by atoms with Crippen LogP contribution >= 0.6 is 0 Å². The average Bonchev–Trinajstić information content (AvgIpc) is 1.98. The number of rotatable bonds is 3. The fourth-order valence-electron chi connectivity index (χ4n) is 0.613. The summed E-state index contributed by atoms with van der Waals surface area (Å²) >= 11 is 0. The molecule has 0 heterocycles. The summed E-state index contributed by atoms with van der Waals surface area (Å²) in [6, 6.07) is 0. The first-order valence-electron chi connectivity index (χ1n) is 3.19. The van der Waals surface area contributed by atoms with Crippen LogP contribution in [-0.2, 0) is 9.59 Å². The molecule has 0 fully saturated rings. The molecular weight excluding hydrogens is 142 g/mol. The van der Waals surface area contributed by atoms with Crippen LogP contribution in [-0.4, -0.2) is 23.3 Å². The van der Waals surface area contributed by atoms with Crippen LogP contribution in [0.1, 0.15) is 6.92 Å². The van der Waals surface area contributed by atoms with Crippen molar-refractivity contribution >= 4 is 11.8 Å². The Balaban J connectivity index is 4.32. The van der Waals surface area contributed by atoms with Crippen LogP contribution in [0.15, 0.2) is 25.3 Å². The molecule has 3 heteroatoms. The van der Waals surface area contributed by atoms with E-state index in [0.29, 0.717) is 0 Å². The number of amides is 2. The fraction of sp³-hybridized carbons (Fsp3) is 0.250. The lowest BCUT2D eigenvalue weighted by molar-refractivity contribution is -0.139. The van der Waals surface area contributed by atoms with E-state index in [2.05, 4.69) is 13.2 Å². The summed E-state index contributed by atoms with van der Waals surface area (Å²) in [5, 5.41) is 0. The van der Waals surface area contributed by atoms with Crippen molar-refractivity contribution in [2.24, 2.45) is 0 Å². The molecule has 0 aliphatic heterocycles. The Morgan fingerprint density at radius 1 is 1.45 bits per heavy atom. The van der Waals surface area contributed by atoms with Gasteiger partial charge < -0.3 is 0 Å². The van der Waals surface area contributed by atoms with Gasteiger partial charge in [-0.15, -0.1) is 6.58 Å². The second-order valence-electron chi connectivity index (χ2n) is 1.96. The summed E-state index contributed by atoms with van der Waals surface area (Å²) in [5.74, 6) is -0.688. The maximum absolute atomic E-state index is 10.9. The molecule has 0 aromatic heterocycles. The Morgan fingerprint density at radius 2 is 2.00 bits per heavy atom. The van der Waals surface area contributed by atoms with Gasteiger partial charge in [-0.3, -0.25) is 14.5 Å². The minimum absolute atomic E-state index is 0.236. The van der Waals surface area contributed by atoms with Gasteiger partial charge >= 0.3 is 0 Å². The van der Waals surface area contributed by atoms with Gasteiger partial charge in [-0.05, 0) is 6.08 Å². The predicted octanol–water partition coefficient (Wildman–Crippen LogP) is 0.734. The maximum Gasteiger partial charge on any atom is 0.252 e. The molecule has 0 N–H and O–H groups in total. The van der Waals surface area contributed by atoms with Crippen LogP contribution in [0.5, 0.6) is 0 Å². The van der Waals surface area contributed by atoms with Gasteiger partial charge in [0, 0.05) is 13.5 Å². The van der Waals surface area contributed by atoms with E-state index < -0.39 is 5.91 Å². The molecule has 11 heavy (non-hydrogen) atoms. The second-order valence-corrected chi connectivity index (χ2v) is 1.96. The molecule has 0 rings (SSSR count). The highest BCUT2D eigenvalue weighted by atomic mass is 16.2. The Hall–Kier alpha value is -1.38. The van der Waals surface area contributed by atoms with Gasteiger partial charge in [0.2, 0.25) is 5.91 Å². The summed E-state index contributed by atoms with van der Waals surface area (Å²) in [4.78, 5) is 22.7. The minimum atomic E-state index is -0.391. The molecule has 0 spiro atoms. The van der Waals surface area contributed by atoms with Crippen molar-refractivity contribution in [1.82, 2.24) is 4.90 Å². The Morgan fingerprint density at radius 3 is 2.27 bits per heavy atom. The van der Waals surface area contributed by atoms with Crippen molar-refractivity contribution in [3.05, 3.63) is 25.3 Å². The zero-order valence-electron chi connectivity index (χ0n) is 6.54. The van der Waals surface area contributed by atoms with Gasteiger partial charge in [0.25, 0.3) is 5.91 Å². The van der Waals surface area contributed by atoms with Crippen molar-refractivity contribution in [2.45, 2.75) is 6.92 Å². The quantitative estimate of drug-likeness (QED) is 0.443. The molecule has 0 aliphatic rings. The summed E-state index contributed by atoms with van der Waals surface area (Å²) in [6.45, 7) is 8.25. The summed E-state index contributed by atoms with van der Waals surface area (Å²) < 4.78 is 0. The van der Waals surface area contributed by atoms with Crippen LogP contribution in [0.25, 0.3) is 0 Å². The highest BCUT2D eigenvalue weighted by Gasteiger charge is 2.11. The molecule has 60 valence electrons. The number of hydrogen-bond donors (Lipinski definition) is 0. The van der Waals surface area contributed by atoms with E-state index in [4.69, 9.17) is 0 Å². The lowest BCUT2D eigenvalue weighted by atomic mass is 10.4. The highest BCUT2D eigenvalue weighted by Crippen LogP contribution is 1.91. The van der Waals surface area contributed by atoms with Crippen molar-refractivity contribution in [2.75, 3.05) is 6.54 Å². The molecule has 0 aromatic carbocycles. The van der Waals surface area contributed by atoms with Crippen LogP contribution in [0.2, 0.25) is 0 Å². The molecule has 0 saturated carbocycles. The summed E-state index contributed by atoms with van der Waals surface area (Å²) in [7, 11) is 0. The third kappa shape index (κ3) is 2.80. The second kappa shape index (κ2) is 4.44. The highest BCUT2D eigenvalue weighted by molar-refractivity contribution is 5.99. The zero-order valence-corrected chi connectivity index (χ0v) is 6.54. The molecule has 0 atom stereocenters. The Kier molecular flexibility index (Phi) is 3.88. The molecular formula is C8H11NO2. The van der Waals surface area contributed by atoms with Gasteiger partial charge in [-0.2, -0.15) is 0 Å². The molecule has 0 aliphatic carbocycles. The normalized spacial score (nSPS) is 8.45. The number of carbonyl (C=O) groups is 2. The molecule has 0 bridgehead atoms. The molecule has 2 amide bonds. The monoisotopic (exact) mass is 153 g/mol. The van der Waals surface area contributed by atoms with Gasteiger partial charge in [0.15, 0.2) is 0 Å². The van der Waals surface area contributed by atoms with E-state index in [-0.39, 0.29) is 12.5 Å². The first-order valence-corrected chi connectivity index (χ1v) is 3.19. The minimum Gasteiger partial charge on any atom is -0.275 e. The van der Waals surface area contributed by atoms with Crippen molar-refractivity contribution in [3.63, 3.8) is 0 Å². The standard InChI is InChI=1S/C8H11NO2/c1-4-6-9(7(3)10)8(11)5-2/h4-5H,1-2,6H2,3H3. The lowest BCUT2D eigenvalue weighted by Gasteiger charge is -2.13. The number of hydrogen-bond acceptors (Lipinski definition) is 2. The van der Waals surface area contributed by atoms with E-state index >= 15 is 0 Å². The first kappa shape index (κ1) is 9.62. The molecule has 0 radical (unpaired) electrons. The maximum atomic E-state index is 10.9. The third-order valence-corrected chi connectivity index (χ3v) is 1.13. The Bertz CT molecular complexity index is 196. The van der Waals surface area contributed by atoms with E-state index in [1.54, 1.807) is 0 Å². The van der Waals surface area contributed by atoms with E-state index in [0.717, 1.165) is 11.0 Å². The van der Waals surface area contributed by atoms with Crippen LogP contribution in [0.4, 0.5) is 0 Å². The van der Waals surface area contributed by atoms with Gasteiger partial charge in [0.05, 0.1) is 0 Å². The zero-order chi connectivity index (χ0) is 8.85. The average molecular weight is 153 g/mol. The van der Waals surface area contributed by atoms with E-state index in [9.17, 15) is 9.59 Å². The lowest BCUT2D eigenvalue weighted by Crippen LogP contribution is -2.33. The first-order chi connectivity index (χ1) is 5.13. The van der Waals surface area contributed by atoms with Crippen LogP contribution in [0, 0.1) is 0 Å². The smallest absolute Gasteiger partial charge is 0.252 e. The molecule has 0 unspecified atom stereocenters. The van der Waals surface area contributed by atoms with Crippen molar-refractivity contribution in [1.29, 1.82) is 0 Å². The number of carbonyl (C=O) groups excluding carboxylic acids is 2. The Labute approximate surface area is 66.0 Å². The summed E-state index contributed by atoms with van der Waals surface area (Å²) in [5.41, 5.74) is 0. The third-order valence-electron chi connectivity index (χ3n) is 1.13. The van der Waals surface area contributed by atoms with Gasteiger partial charge in [-0.25, -0.2) is 0 Å². The molecule has 0 aromatic rings. The van der Waals surface area contributed by atoms with Gasteiger partial charge in [-0.1, -0.05) is 12.7 Å². The van der Waals surface area contributed by atoms with Gasteiger partial charge in [0.1, 0.15) is 0 Å². The van der Waals surface area contributed by atoms with Crippen LogP contribution < -0.4 is 0 Å². The number of imide groups is 1. The fourth-order valence-corrected chi connectivity index (χ4v) is 0.613. The van der Waals surface area contributed by atoms with Crippen LogP contribution in [0.3, 0.4) is 0 Å². The van der Waals surface area contributed by atoms with E-state index in [1.807, 2.05) is 0 Å².